The Bertz CT molecular complexity index is 809. The van der Waals surface area contributed by atoms with Crippen molar-refractivity contribution in [2.45, 2.75) is 0 Å². The van der Waals surface area contributed by atoms with Gasteiger partial charge in [-0.05, 0) is 18.2 Å². The monoisotopic (exact) mass is 393 g/mol. The van der Waals surface area contributed by atoms with Crippen molar-refractivity contribution in [2.75, 3.05) is 23.9 Å². The molecule has 0 unspecified atom stereocenters. The van der Waals surface area contributed by atoms with Crippen LogP contribution in [0.5, 0.6) is 11.5 Å². The van der Waals surface area contributed by atoms with E-state index in [2.05, 4.69) is 21.2 Å². The quantitative estimate of drug-likeness (QED) is 0.639. The zero-order valence-electron chi connectivity index (χ0n) is 12.5. The van der Waals surface area contributed by atoms with Crippen molar-refractivity contribution in [1.29, 1.82) is 0 Å². The lowest BCUT2D eigenvalue weighted by atomic mass is 10.0. The molecule has 0 fully saturated rings. The van der Waals surface area contributed by atoms with Crippen LogP contribution in [-0.2, 0) is 4.79 Å². The molecule has 0 atom stereocenters. The van der Waals surface area contributed by atoms with Gasteiger partial charge in [-0.1, -0.05) is 28.1 Å². The lowest BCUT2D eigenvalue weighted by molar-refractivity contribution is -0.113. The molecule has 0 aliphatic carbocycles. The second kappa shape index (κ2) is 7.00. The van der Waals surface area contributed by atoms with E-state index in [0.29, 0.717) is 24.7 Å². The number of ketones is 1. The van der Waals surface area contributed by atoms with Crippen LogP contribution in [0.15, 0.2) is 36.4 Å². The number of hydrogen-bond acceptors (Lipinski definition) is 4. The van der Waals surface area contributed by atoms with Crippen molar-refractivity contribution in [2.24, 2.45) is 0 Å². The Morgan fingerprint density at radius 2 is 1.83 bits per heavy atom. The number of nitrogens with one attached hydrogen (secondary N) is 1. The van der Waals surface area contributed by atoms with E-state index in [0.717, 1.165) is 6.07 Å². The first kappa shape index (κ1) is 16.4. The minimum Gasteiger partial charge on any atom is -0.486 e. The highest BCUT2D eigenvalue weighted by Gasteiger charge is 2.22. The number of amides is 1. The first-order valence-electron chi connectivity index (χ1n) is 7.18. The van der Waals surface area contributed by atoms with Crippen molar-refractivity contribution in [3.63, 3.8) is 0 Å². The van der Waals surface area contributed by atoms with Gasteiger partial charge in [-0.3, -0.25) is 9.59 Å². The third kappa shape index (κ3) is 3.41. The SMILES string of the molecule is O=C(CBr)Nc1cc2c(cc1C(=O)c1cccc(F)c1)OCCO2. The molecule has 0 bridgehead atoms. The van der Waals surface area contributed by atoms with Gasteiger partial charge in [0, 0.05) is 11.6 Å². The van der Waals surface area contributed by atoms with Gasteiger partial charge >= 0.3 is 0 Å². The van der Waals surface area contributed by atoms with Gasteiger partial charge in [0.15, 0.2) is 17.3 Å². The second-order valence-electron chi connectivity index (χ2n) is 5.06. The predicted molar refractivity (Wildman–Crippen MR) is 89.7 cm³/mol. The highest BCUT2D eigenvalue weighted by Crippen LogP contribution is 2.36. The molecule has 1 aliphatic rings. The molecule has 124 valence electrons. The molecule has 0 saturated carbocycles. The van der Waals surface area contributed by atoms with E-state index in [1.54, 1.807) is 6.07 Å². The van der Waals surface area contributed by atoms with E-state index in [4.69, 9.17) is 9.47 Å². The summed E-state index contributed by atoms with van der Waals surface area (Å²) in [5.41, 5.74) is 0.679. The van der Waals surface area contributed by atoms with Crippen LogP contribution in [0, 0.1) is 5.82 Å². The summed E-state index contributed by atoms with van der Waals surface area (Å²) in [6.07, 6.45) is 0. The molecular formula is C17H13BrFNO4. The van der Waals surface area contributed by atoms with Crippen molar-refractivity contribution < 1.29 is 23.5 Å². The Morgan fingerprint density at radius 1 is 1.12 bits per heavy atom. The molecular weight excluding hydrogens is 381 g/mol. The molecule has 5 nitrogen and oxygen atoms in total. The van der Waals surface area contributed by atoms with Crippen LogP contribution < -0.4 is 14.8 Å². The van der Waals surface area contributed by atoms with Gasteiger partial charge in [0.25, 0.3) is 0 Å². The summed E-state index contributed by atoms with van der Waals surface area (Å²) in [4.78, 5) is 24.5. The van der Waals surface area contributed by atoms with Crippen LogP contribution in [0.4, 0.5) is 10.1 Å². The zero-order chi connectivity index (χ0) is 17.1. The summed E-state index contributed by atoms with van der Waals surface area (Å²) in [7, 11) is 0. The third-order valence-corrected chi connectivity index (χ3v) is 3.92. The van der Waals surface area contributed by atoms with Crippen LogP contribution in [0.25, 0.3) is 0 Å². The third-order valence-electron chi connectivity index (χ3n) is 3.41. The highest BCUT2D eigenvalue weighted by molar-refractivity contribution is 9.09. The van der Waals surface area contributed by atoms with Crippen LogP contribution >= 0.6 is 15.9 Å². The average molecular weight is 394 g/mol. The molecule has 2 aromatic rings. The van der Waals surface area contributed by atoms with Crippen LogP contribution in [-0.4, -0.2) is 30.2 Å². The predicted octanol–water partition coefficient (Wildman–Crippen LogP) is 3.16. The van der Waals surface area contributed by atoms with E-state index in [-0.39, 0.29) is 28.1 Å². The van der Waals surface area contributed by atoms with Gasteiger partial charge < -0.3 is 14.8 Å². The Balaban J connectivity index is 2.06. The standard InChI is InChI=1S/C17H13BrFNO4/c18-9-16(21)20-13-8-15-14(23-4-5-24-15)7-12(13)17(22)10-2-1-3-11(19)6-10/h1-3,6-8H,4-5,9H2,(H,20,21). The van der Waals surface area contributed by atoms with E-state index in [1.807, 2.05) is 0 Å². The number of halogens is 2. The Hall–Kier alpha value is -2.41. The maximum absolute atomic E-state index is 13.4. The maximum Gasteiger partial charge on any atom is 0.235 e. The maximum atomic E-state index is 13.4. The van der Waals surface area contributed by atoms with E-state index < -0.39 is 11.6 Å². The van der Waals surface area contributed by atoms with Gasteiger partial charge in [-0.15, -0.1) is 0 Å². The molecule has 2 aromatic carbocycles. The minimum absolute atomic E-state index is 0.0784. The van der Waals surface area contributed by atoms with Gasteiger partial charge in [-0.25, -0.2) is 4.39 Å². The molecule has 1 aliphatic heterocycles. The van der Waals surface area contributed by atoms with E-state index in [9.17, 15) is 14.0 Å². The summed E-state index contributed by atoms with van der Waals surface area (Å²) in [5, 5.41) is 2.72. The number of ether oxygens (including phenoxy) is 2. The molecule has 1 amide bonds. The Kier molecular flexibility index (Phi) is 4.80. The fourth-order valence-corrected chi connectivity index (χ4v) is 2.49. The highest BCUT2D eigenvalue weighted by atomic mass is 79.9. The van der Waals surface area contributed by atoms with Crippen LogP contribution in [0.2, 0.25) is 0 Å². The zero-order valence-corrected chi connectivity index (χ0v) is 14.1. The second-order valence-corrected chi connectivity index (χ2v) is 5.62. The summed E-state index contributed by atoms with van der Waals surface area (Å²) in [5.74, 6) is -0.388. The van der Waals surface area contributed by atoms with Crippen molar-refractivity contribution in [3.8, 4) is 11.5 Å². The molecule has 7 heteroatoms. The fraction of sp³-hybridized carbons (Fsp3) is 0.176. The molecule has 0 radical (unpaired) electrons. The number of hydrogen-bond donors (Lipinski definition) is 1. The number of fused-ring (bicyclic) bond motifs is 1. The summed E-state index contributed by atoms with van der Waals surface area (Å²) < 4.78 is 24.4. The minimum atomic E-state index is -0.510. The molecule has 0 spiro atoms. The Morgan fingerprint density at radius 3 is 2.50 bits per heavy atom. The largest absolute Gasteiger partial charge is 0.486 e. The van der Waals surface area contributed by atoms with Crippen molar-refractivity contribution in [3.05, 3.63) is 53.3 Å². The molecule has 0 saturated heterocycles. The summed E-state index contributed by atoms with van der Waals surface area (Å²) in [6.45, 7) is 0.754. The van der Waals surface area contributed by atoms with Gasteiger partial charge in [-0.2, -0.15) is 0 Å². The first-order valence-corrected chi connectivity index (χ1v) is 8.30. The number of rotatable bonds is 4. The lowest BCUT2D eigenvalue weighted by Crippen LogP contribution is -2.19. The van der Waals surface area contributed by atoms with Crippen LogP contribution in [0.1, 0.15) is 15.9 Å². The average Bonchev–Trinajstić information content (AvgIpc) is 2.60. The molecule has 0 aromatic heterocycles. The van der Waals surface area contributed by atoms with Crippen molar-refractivity contribution >= 4 is 33.3 Å². The first-order chi connectivity index (χ1) is 11.6. The van der Waals surface area contributed by atoms with Crippen LogP contribution in [0.3, 0.4) is 0 Å². The van der Waals surface area contributed by atoms with Crippen molar-refractivity contribution in [1.82, 2.24) is 0 Å². The fourth-order valence-electron chi connectivity index (χ4n) is 2.35. The molecule has 3 rings (SSSR count). The molecule has 24 heavy (non-hydrogen) atoms. The van der Waals surface area contributed by atoms with Gasteiger partial charge in [0.05, 0.1) is 16.6 Å². The number of carbonyl (C=O) groups excluding carboxylic acids is 2. The molecule has 1 N–H and O–H groups in total. The number of alkyl halides is 1. The Labute approximate surface area is 145 Å². The van der Waals surface area contributed by atoms with E-state index >= 15 is 0 Å². The summed E-state index contributed by atoms with van der Waals surface area (Å²) >= 11 is 3.06. The van der Waals surface area contributed by atoms with Gasteiger partial charge in [0.1, 0.15) is 19.0 Å². The topological polar surface area (TPSA) is 64.6 Å². The smallest absolute Gasteiger partial charge is 0.235 e. The van der Waals surface area contributed by atoms with Gasteiger partial charge in [0.2, 0.25) is 5.91 Å². The lowest BCUT2D eigenvalue weighted by Gasteiger charge is -2.21. The molecule has 1 heterocycles. The van der Waals surface area contributed by atoms with E-state index in [1.165, 1.54) is 24.3 Å². The summed E-state index contributed by atoms with van der Waals surface area (Å²) in [6, 6.07) is 8.42. The number of benzene rings is 2. The number of anilines is 1. The number of carbonyl (C=O) groups is 2. The normalized spacial score (nSPS) is 12.6.